The van der Waals surface area contributed by atoms with Crippen LogP contribution in [-0.4, -0.2) is 54.5 Å². The molecule has 3 aromatic rings. The lowest BCUT2D eigenvalue weighted by atomic mass is 10.1. The van der Waals surface area contributed by atoms with Crippen LogP contribution in [0.15, 0.2) is 48.5 Å². The summed E-state index contributed by atoms with van der Waals surface area (Å²) >= 11 is 0. The lowest BCUT2D eigenvalue weighted by molar-refractivity contribution is 0.0527. The fourth-order valence-electron chi connectivity index (χ4n) is 4.71. The number of halogens is 1. The summed E-state index contributed by atoms with van der Waals surface area (Å²) in [6.07, 6.45) is 3.43. The number of benzene rings is 2. The van der Waals surface area contributed by atoms with E-state index in [0.29, 0.717) is 31.1 Å². The molecule has 1 atom stereocenters. The summed E-state index contributed by atoms with van der Waals surface area (Å²) in [4.78, 5) is 15.0. The molecule has 1 aromatic heterocycles. The van der Waals surface area contributed by atoms with Crippen LogP contribution in [0.2, 0.25) is 0 Å². The van der Waals surface area contributed by atoms with Gasteiger partial charge in [-0.1, -0.05) is 36.8 Å². The van der Waals surface area contributed by atoms with E-state index in [4.69, 9.17) is 9.47 Å². The first-order valence-corrected chi connectivity index (χ1v) is 11.9. The second kappa shape index (κ2) is 10.8. The maximum absolute atomic E-state index is 13.7. The van der Waals surface area contributed by atoms with E-state index in [2.05, 4.69) is 21.6 Å². The molecule has 1 saturated heterocycles. The predicted octanol–water partition coefficient (Wildman–Crippen LogP) is 5.38. The zero-order chi connectivity index (χ0) is 23.2. The van der Waals surface area contributed by atoms with Crippen LogP contribution >= 0.6 is 0 Å². The van der Waals surface area contributed by atoms with Crippen molar-refractivity contribution in [3.05, 3.63) is 65.4 Å². The normalized spacial score (nSPS) is 15.5. The van der Waals surface area contributed by atoms with E-state index in [-0.39, 0.29) is 12.0 Å². The van der Waals surface area contributed by atoms with Gasteiger partial charge in [0.2, 0.25) is 0 Å². The number of alkyl halides is 1. The average Bonchev–Trinajstić information content (AvgIpc) is 3.11. The van der Waals surface area contributed by atoms with Crippen molar-refractivity contribution in [2.45, 2.75) is 45.7 Å². The van der Waals surface area contributed by atoms with Crippen molar-refractivity contribution in [1.82, 2.24) is 9.47 Å². The first-order valence-electron chi connectivity index (χ1n) is 11.9. The van der Waals surface area contributed by atoms with Crippen molar-refractivity contribution in [3.8, 4) is 5.75 Å². The minimum Gasteiger partial charge on any atom is -0.492 e. The quantitative estimate of drug-likeness (QED) is 0.409. The van der Waals surface area contributed by atoms with Crippen molar-refractivity contribution in [3.63, 3.8) is 0 Å². The molecule has 0 aliphatic carbocycles. The lowest BCUT2D eigenvalue weighted by Gasteiger charge is -2.32. The number of aromatic nitrogens is 1. The molecule has 1 aliphatic rings. The Morgan fingerprint density at radius 3 is 2.55 bits per heavy atom. The minimum atomic E-state index is -0.428. The fraction of sp³-hybridized carbons (Fsp3) is 0.444. The Kier molecular flexibility index (Phi) is 7.65. The average molecular weight is 453 g/mol. The molecule has 0 radical (unpaired) electrons. The van der Waals surface area contributed by atoms with E-state index in [1.54, 1.807) is 0 Å². The number of carbonyl (C=O) groups is 1. The molecule has 4 rings (SSSR count). The second-order valence-electron chi connectivity index (χ2n) is 8.65. The first-order chi connectivity index (χ1) is 16.1. The van der Waals surface area contributed by atoms with Crippen LogP contribution in [0.25, 0.3) is 10.9 Å². The van der Waals surface area contributed by atoms with Crippen molar-refractivity contribution < 1.29 is 18.7 Å². The van der Waals surface area contributed by atoms with Gasteiger partial charge in [0.15, 0.2) is 0 Å². The Morgan fingerprint density at radius 1 is 1.09 bits per heavy atom. The summed E-state index contributed by atoms with van der Waals surface area (Å²) in [5.74, 6) is 0.305. The zero-order valence-corrected chi connectivity index (χ0v) is 19.6. The maximum Gasteiger partial charge on any atom is 0.340 e. The molecule has 0 bridgehead atoms. The molecule has 0 N–H and O–H groups in total. The lowest BCUT2D eigenvalue weighted by Crippen LogP contribution is -2.44. The SMILES string of the molecule is CCOC(=O)c1c(C)n(Cc2ccccc2)c2ccc(OCC(CF)N3CCCCC3)cc12. The van der Waals surface area contributed by atoms with E-state index in [1.807, 2.05) is 50.2 Å². The summed E-state index contributed by atoms with van der Waals surface area (Å²) < 4.78 is 27.3. The highest BCUT2D eigenvalue weighted by Crippen LogP contribution is 2.31. The Bertz CT molecular complexity index is 1070. The van der Waals surface area contributed by atoms with E-state index in [1.165, 1.54) is 6.42 Å². The molecule has 0 amide bonds. The number of rotatable bonds is 9. The number of esters is 1. The molecule has 0 saturated carbocycles. The molecule has 5 nitrogen and oxygen atoms in total. The monoisotopic (exact) mass is 452 g/mol. The molecule has 0 spiro atoms. The number of likely N-dealkylation sites (tertiary alicyclic amines) is 1. The number of fused-ring (bicyclic) bond motifs is 1. The van der Waals surface area contributed by atoms with Gasteiger partial charge in [0.05, 0.1) is 18.2 Å². The zero-order valence-electron chi connectivity index (χ0n) is 19.6. The number of ether oxygens (including phenoxy) is 2. The minimum absolute atomic E-state index is 0.241. The number of nitrogens with zero attached hydrogens (tertiary/aromatic N) is 2. The van der Waals surface area contributed by atoms with Gasteiger partial charge < -0.3 is 14.0 Å². The van der Waals surface area contributed by atoms with Gasteiger partial charge in [-0.3, -0.25) is 4.90 Å². The molecular weight excluding hydrogens is 419 g/mol. The Hall–Kier alpha value is -2.86. The summed E-state index contributed by atoms with van der Waals surface area (Å²) in [5.41, 5.74) is 3.52. The highest BCUT2D eigenvalue weighted by Gasteiger charge is 2.23. The fourth-order valence-corrected chi connectivity index (χ4v) is 4.71. The number of hydrogen-bond donors (Lipinski definition) is 0. The van der Waals surface area contributed by atoms with Crippen LogP contribution in [-0.2, 0) is 11.3 Å². The smallest absolute Gasteiger partial charge is 0.340 e. The standard InChI is InChI=1S/C27H33FN2O3/c1-3-32-27(31)26-20(2)30(18-21-10-6-4-7-11-21)25-13-12-23(16-24(25)26)33-19-22(17-28)29-14-8-5-9-15-29/h4,6-7,10-13,16,22H,3,5,8-9,14-15,17-19H2,1-2H3. The summed E-state index contributed by atoms with van der Waals surface area (Å²) in [5, 5.41) is 0.800. The maximum atomic E-state index is 13.7. The summed E-state index contributed by atoms with van der Waals surface area (Å²) in [7, 11) is 0. The molecule has 6 heteroatoms. The topological polar surface area (TPSA) is 43.7 Å². The van der Waals surface area contributed by atoms with Crippen LogP contribution in [0.3, 0.4) is 0 Å². The van der Waals surface area contributed by atoms with E-state index < -0.39 is 6.67 Å². The van der Waals surface area contributed by atoms with Gasteiger partial charge in [0.25, 0.3) is 0 Å². The largest absolute Gasteiger partial charge is 0.492 e. The van der Waals surface area contributed by atoms with Crippen LogP contribution in [0, 0.1) is 6.92 Å². The van der Waals surface area contributed by atoms with Crippen LogP contribution in [0.4, 0.5) is 4.39 Å². The highest BCUT2D eigenvalue weighted by molar-refractivity contribution is 6.06. The Balaban J connectivity index is 1.63. The van der Waals surface area contributed by atoms with Crippen molar-refractivity contribution >= 4 is 16.9 Å². The van der Waals surface area contributed by atoms with E-state index in [0.717, 1.165) is 48.1 Å². The Morgan fingerprint density at radius 2 is 1.85 bits per heavy atom. The van der Waals surface area contributed by atoms with Crippen LogP contribution in [0.5, 0.6) is 5.75 Å². The molecule has 33 heavy (non-hydrogen) atoms. The third-order valence-electron chi connectivity index (χ3n) is 6.49. The van der Waals surface area contributed by atoms with E-state index >= 15 is 0 Å². The molecule has 1 fully saturated rings. The van der Waals surface area contributed by atoms with Crippen molar-refractivity contribution in [1.29, 1.82) is 0 Å². The van der Waals surface area contributed by atoms with Gasteiger partial charge in [-0.2, -0.15) is 0 Å². The molecular formula is C27H33FN2O3. The first kappa shape index (κ1) is 23.3. The molecule has 1 aliphatic heterocycles. The summed E-state index contributed by atoms with van der Waals surface area (Å²) in [6, 6.07) is 15.7. The highest BCUT2D eigenvalue weighted by atomic mass is 19.1. The van der Waals surface area contributed by atoms with Gasteiger partial charge in [-0.25, -0.2) is 9.18 Å². The predicted molar refractivity (Wildman–Crippen MR) is 129 cm³/mol. The van der Waals surface area contributed by atoms with Crippen LogP contribution in [0.1, 0.15) is 47.8 Å². The van der Waals surface area contributed by atoms with Gasteiger partial charge >= 0.3 is 5.97 Å². The van der Waals surface area contributed by atoms with Gasteiger partial charge in [-0.15, -0.1) is 0 Å². The van der Waals surface area contributed by atoms with Gasteiger partial charge in [0, 0.05) is 23.1 Å². The van der Waals surface area contributed by atoms with Gasteiger partial charge in [-0.05, 0) is 63.5 Å². The van der Waals surface area contributed by atoms with Crippen molar-refractivity contribution in [2.24, 2.45) is 0 Å². The van der Waals surface area contributed by atoms with Crippen molar-refractivity contribution in [2.75, 3.05) is 33.0 Å². The van der Waals surface area contributed by atoms with Gasteiger partial charge in [0.1, 0.15) is 19.0 Å². The molecule has 1 unspecified atom stereocenters. The number of carbonyl (C=O) groups excluding carboxylic acids is 1. The molecule has 2 heterocycles. The number of piperidine rings is 1. The Labute approximate surface area is 195 Å². The third-order valence-corrected chi connectivity index (χ3v) is 6.49. The van der Waals surface area contributed by atoms with E-state index in [9.17, 15) is 9.18 Å². The second-order valence-corrected chi connectivity index (χ2v) is 8.65. The number of hydrogen-bond acceptors (Lipinski definition) is 4. The third kappa shape index (κ3) is 5.22. The summed E-state index contributed by atoms with van der Waals surface area (Å²) in [6.45, 7) is 6.43. The molecule has 176 valence electrons. The van der Waals surface area contributed by atoms with Crippen LogP contribution < -0.4 is 4.74 Å². The molecule has 2 aromatic carbocycles.